The van der Waals surface area contributed by atoms with E-state index in [1.165, 1.54) is 5.01 Å². The van der Waals surface area contributed by atoms with Gasteiger partial charge in [-0.2, -0.15) is 5.10 Å². The molecule has 0 aromatic carbocycles. The number of hydrogen-bond donors (Lipinski definition) is 2. The van der Waals surface area contributed by atoms with Crippen LogP contribution in [0.3, 0.4) is 0 Å². The van der Waals surface area contributed by atoms with Gasteiger partial charge in [-0.1, -0.05) is 0 Å². The van der Waals surface area contributed by atoms with Gasteiger partial charge in [-0.25, -0.2) is 5.01 Å². The average Bonchev–Trinajstić information content (AvgIpc) is 2.55. The number of carbonyl (C=O) groups excluding carboxylic acids is 2. The van der Waals surface area contributed by atoms with Gasteiger partial charge in [-0.05, 0) is 42.9 Å². The minimum Gasteiger partial charge on any atom is -0.393 e. The van der Waals surface area contributed by atoms with E-state index in [2.05, 4.69) is 15.4 Å². The van der Waals surface area contributed by atoms with Gasteiger partial charge in [-0.15, -0.1) is 0 Å². The Morgan fingerprint density at radius 2 is 2.08 bits per heavy atom. The molecule has 7 heteroatoms. The number of amides is 2. The lowest BCUT2D eigenvalue weighted by Crippen LogP contribution is -2.50. The van der Waals surface area contributed by atoms with E-state index in [-0.39, 0.29) is 29.9 Å². The number of carbonyl (C=O) groups is 2. The second kappa shape index (κ2) is 7.09. The molecule has 0 saturated heterocycles. The third-order valence-electron chi connectivity index (χ3n) is 4.71. The van der Waals surface area contributed by atoms with Crippen molar-refractivity contribution in [3.05, 3.63) is 30.1 Å². The van der Waals surface area contributed by atoms with Crippen LogP contribution in [0.15, 0.2) is 29.6 Å². The molecular formula is C17H22N4O3. The van der Waals surface area contributed by atoms with Crippen LogP contribution < -0.4 is 5.32 Å². The zero-order chi connectivity index (χ0) is 17.1. The van der Waals surface area contributed by atoms with Gasteiger partial charge in [0.1, 0.15) is 5.71 Å². The molecule has 2 N–H and O–H groups in total. The SMILES string of the molecule is CN1N=C(C(=O)N[C@H](Cc2ccncc2)C2CC(O)C2)CCC1=O. The third-order valence-corrected chi connectivity index (χ3v) is 4.71. The summed E-state index contributed by atoms with van der Waals surface area (Å²) in [4.78, 5) is 28.0. The van der Waals surface area contributed by atoms with Crippen LogP contribution in [0.1, 0.15) is 31.2 Å². The molecule has 1 aliphatic carbocycles. The van der Waals surface area contributed by atoms with Crippen molar-refractivity contribution < 1.29 is 14.7 Å². The standard InChI is InChI=1S/C17H22N4O3/c1-21-16(23)3-2-14(20-21)17(24)19-15(12-9-13(22)10-12)8-11-4-6-18-7-5-11/h4-7,12-13,15,22H,2-3,8-10H2,1H3,(H,19,24)/t12?,13?,15-/m1/s1. The summed E-state index contributed by atoms with van der Waals surface area (Å²) in [6, 6.07) is 3.80. The lowest BCUT2D eigenvalue weighted by atomic mass is 9.75. The Kier molecular flexibility index (Phi) is 4.89. The summed E-state index contributed by atoms with van der Waals surface area (Å²) in [7, 11) is 1.56. The van der Waals surface area contributed by atoms with E-state index in [1.807, 2.05) is 12.1 Å². The van der Waals surface area contributed by atoms with Crippen LogP contribution in [-0.4, -0.2) is 51.8 Å². The van der Waals surface area contributed by atoms with Crippen LogP contribution in [-0.2, 0) is 16.0 Å². The maximum absolute atomic E-state index is 12.5. The van der Waals surface area contributed by atoms with Crippen LogP contribution in [0.5, 0.6) is 0 Å². The fourth-order valence-corrected chi connectivity index (χ4v) is 3.15. The molecule has 1 atom stereocenters. The zero-order valence-corrected chi connectivity index (χ0v) is 13.7. The zero-order valence-electron chi connectivity index (χ0n) is 13.7. The van der Waals surface area contributed by atoms with Gasteiger partial charge in [0.15, 0.2) is 0 Å². The molecule has 128 valence electrons. The Morgan fingerprint density at radius 3 is 2.71 bits per heavy atom. The number of aromatic nitrogens is 1. The van der Waals surface area contributed by atoms with Crippen molar-refractivity contribution in [2.45, 2.75) is 44.2 Å². The predicted octanol–water partition coefficient (Wildman–Crippen LogP) is 0.488. The molecule has 24 heavy (non-hydrogen) atoms. The maximum Gasteiger partial charge on any atom is 0.267 e. The van der Waals surface area contributed by atoms with E-state index in [9.17, 15) is 14.7 Å². The molecule has 1 saturated carbocycles. The molecule has 0 unspecified atom stereocenters. The fraction of sp³-hybridized carbons (Fsp3) is 0.529. The van der Waals surface area contributed by atoms with Crippen LogP contribution in [0.4, 0.5) is 0 Å². The predicted molar refractivity (Wildman–Crippen MR) is 88.0 cm³/mol. The molecule has 2 amide bonds. The van der Waals surface area contributed by atoms with Gasteiger partial charge in [0.2, 0.25) is 5.91 Å². The van der Waals surface area contributed by atoms with Gasteiger partial charge >= 0.3 is 0 Å². The topological polar surface area (TPSA) is 94.9 Å². The van der Waals surface area contributed by atoms with Gasteiger partial charge in [0, 0.05) is 38.3 Å². The molecule has 1 aromatic rings. The second-order valence-corrected chi connectivity index (χ2v) is 6.49. The number of hydrazone groups is 1. The summed E-state index contributed by atoms with van der Waals surface area (Å²) in [5.74, 6) is -0.0579. The largest absolute Gasteiger partial charge is 0.393 e. The highest BCUT2D eigenvalue weighted by Gasteiger charge is 2.35. The number of pyridine rings is 1. The van der Waals surface area contributed by atoms with Gasteiger partial charge in [0.05, 0.1) is 6.10 Å². The normalized spacial score (nSPS) is 24.8. The number of aliphatic hydroxyl groups excluding tert-OH is 1. The first-order chi connectivity index (χ1) is 11.5. The van der Waals surface area contributed by atoms with E-state index in [0.29, 0.717) is 37.8 Å². The summed E-state index contributed by atoms with van der Waals surface area (Å²) in [6.07, 6.45) is 5.94. The Balaban J connectivity index is 1.68. The fourth-order valence-electron chi connectivity index (χ4n) is 3.15. The van der Waals surface area contributed by atoms with Gasteiger partial charge in [-0.3, -0.25) is 14.6 Å². The number of nitrogens with one attached hydrogen (secondary N) is 1. The van der Waals surface area contributed by atoms with E-state index in [0.717, 1.165) is 5.56 Å². The van der Waals surface area contributed by atoms with E-state index in [4.69, 9.17) is 0 Å². The van der Waals surface area contributed by atoms with Crippen molar-refractivity contribution in [1.29, 1.82) is 0 Å². The highest BCUT2D eigenvalue weighted by molar-refractivity contribution is 6.39. The maximum atomic E-state index is 12.5. The lowest BCUT2D eigenvalue weighted by molar-refractivity contribution is -0.130. The van der Waals surface area contributed by atoms with E-state index in [1.54, 1.807) is 19.4 Å². The Labute approximate surface area is 140 Å². The van der Waals surface area contributed by atoms with Crippen molar-refractivity contribution >= 4 is 17.5 Å². The minimum atomic E-state index is -0.275. The smallest absolute Gasteiger partial charge is 0.267 e. The first-order valence-corrected chi connectivity index (χ1v) is 8.25. The van der Waals surface area contributed by atoms with E-state index >= 15 is 0 Å². The number of rotatable bonds is 5. The lowest BCUT2D eigenvalue weighted by Gasteiger charge is -2.38. The summed E-state index contributed by atoms with van der Waals surface area (Å²) >= 11 is 0. The van der Waals surface area contributed by atoms with Gasteiger partial charge < -0.3 is 10.4 Å². The van der Waals surface area contributed by atoms with Crippen molar-refractivity contribution in [1.82, 2.24) is 15.3 Å². The molecule has 2 aliphatic rings. The second-order valence-electron chi connectivity index (χ2n) is 6.49. The van der Waals surface area contributed by atoms with Gasteiger partial charge in [0.25, 0.3) is 5.91 Å². The highest BCUT2D eigenvalue weighted by atomic mass is 16.3. The summed E-state index contributed by atoms with van der Waals surface area (Å²) in [5.41, 5.74) is 1.48. The molecule has 0 radical (unpaired) electrons. The van der Waals surface area contributed by atoms with E-state index < -0.39 is 0 Å². The first kappa shape index (κ1) is 16.6. The number of aliphatic hydroxyl groups is 1. The van der Waals surface area contributed by atoms with Crippen LogP contribution in [0, 0.1) is 5.92 Å². The van der Waals surface area contributed by atoms with Crippen molar-refractivity contribution in [2.75, 3.05) is 7.05 Å². The monoisotopic (exact) mass is 330 g/mol. The summed E-state index contributed by atoms with van der Waals surface area (Å²) in [6.45, 7) is 0. The molecule has 7 nitrogen and oxygen atoms in total. The third kappa shape index (κ3) is 3.79. The first-order valence-electron chi connectivity index (χ1n) is 8.25. The molecule has 2 heterocycles. The molecule has 3 rings (SSSR count). The number of hydrogen-bond acceptors (Lipinski definition) is 5. The van der Waals surface area contributed by atoms with Crippen LogP contribution in [0.2, 0.25) is 0 Å². The molecule has 1 fully saturated rings. The average molecular weight is 330 g/mol. The molecular weight excluding hydrogens is 308 g/mol. The molecule has 1 aromatic heterocycles. The van der Waals surface area contributed by atoms with Crippen molar-refractivity contribution in [3.63, 3.8) is 0 Å². The quantitative estimate of drug-likeness (QED) is 0.821. The number of nitrogens with zero attached hydrogens (tertiary/aromatic N) is 3. The van der Waals surface area contributed by atoms with Crippen molar-refractivity contribution in [2.24, 2.45) is 11.0 Å². The van der Waals surface area contributed by atoms with Crippen LogP contribution >= 0.6 is 0 Å². The highest BCUT2D eigenvalue weighted by Crippen LogP contribution is 2.31. The Hall–Kier alpha value is -2.28. The summed E-state index contributed by atoms with van der Waals surface area (Å²) in [5, 5.41) is 17.9. The Bertz CT molecular complexity index is 640. The molecule has 0 bridgehead atoms. The van der Waals surface area contributed by atoms with Crippen molar-refractivity contribution in [3.8, 4) is 0 Å². The molecule has 0 spiro atoms. The Morgan fingerprint density at radius 1 is 1.38 bits per heavy atom. The minimum absolute atomic E-state index is 0.0612. The summed E-state index contributed by atoms with van der Waals surface area (Å²) < 4.78 is 0. The molecule has 1 aliphatic heterocycles. The van der Waals surface area contributed by atoms with Crippen LogP contribution in [0.25, 0.3) is 0 Å².